The highest BCUT2D eigenvalue weighted by Gasteiger charge is 2.15. The number of amides is 3. The summed E-state index contributed by atoms with van der Waals surface area (Å²) in [6.45, 7) is 10.4. The number of aldehydes is 1. The molecule has 1 atom stereocenters. The van der Waals surface area contributed by atoms with Crippen molar-refractivity contribution in [3.05, 3.63) is 35.2 Å². The Balaban J connectivity index is 1.53. The van der Waals surface area contributed by atoms with E-state index in [1.807, 2.05) is 34.0 Å². The highest BCUT2D eigenvalue weighted by atomic mass is 79.9. The second-order valence-electron chi connectivity index (χ2n) is 12.8. The molecule has 0 fully saturated rings. The Bertz CT molecular complexity index is 1390. The summed E-state index contributed by atoms with van der Waals surface area (Å²) in [6, 6.07) is 4.87. The Hall–Kier alpha value is -2.64. The molecule has 3 amide bonds. The molecule has 0 spiro atoms. The quantitative estimate of drug-likeness (QED) is 0.0596. The van der Waals surface area contributed by atoms with Crippen LogP contribution in [0.2, 0.25) is 0 Å². The van der Waals surface area contributed by atoms with Crippen LogP contribution in [0, 0.1) is 5.92 Å². The maximum absolute atomic E-state index is 12.9. The van der Waals surface area contributed by atoms with Gasteiger partial charge in [0.25, 0.3) is 5.91 Å². The summed E-state index contributed by atoms with van der Waals surface area (Å²) in [7, 11) is 4.02. The van der Waals surface area contributed by atoms with Crippen LogP contribution in [0.15, 0.2) is 18.2 Å². The van der Waals surface area contributed by atoms with Crippen molar-refractivity contribution < 1.29 is 38.1 Å². The lowest BCUT2D eigenvalue weighted by atomic mass is 10.1. The van der Waals surface area contributed by atoms with Crippen LogP contribution < -0.4 is 16.0 Å². The zero-order chi connectivity index (χ0) is 38.8. The molecule has 2 rings (SSSR count). The van der Waals surface area contributed by atoms with Gasteiger partial charge in [0.2, 0.25) is 11.8 Å². The van der Waals surface area contributed by atoms with Crippen molar-refractivity contribution >= 4 is 66.9 Å². The number of alkyl halides is 2. The molecule has 0 radical (unpaired) electrons. The Kier molecular flexibility index (Phi) is 24.5. The Labute approximate surface area is 330 Å². The first-order valence-corrected chi connectivity index (χ1v) is 20.2. The first kappa shape index (κ1) is 46.5. The minimum atomic E-state index is -0.482. The van der Waals surface area contributed by atoms with Gasteiger partial charge in [-0.25, -0.2) is 9.97 Å². The summed E-state index contributed by atoms with van der Waals surface area (Å²) in [6.07, 6.45) is 1.18. The molecule has 0 bridgehead atoms. The Morgan fingerprint density at radius 2 is 1.26 bits per heavy atom. The molecule has 17 heteroatoms. The van der Waals surface area contributed by atoms with Crippen LogP contribution in [0.25, 0.3) is 11.0 Å². The monoisotopic (exact) mass is 873 g/mol. The van der Waals surface area contributed by atoms with Crippen LogP contribution in [0.5, 0.6) is 0 Å². The van der Waals surface area contributed by atoms with Gasteiger partial charge in [0.05, 0.1) is 81.3 Å². The zero-order valence-electron chi connectivity index (χ0n) is 31.5. The Morgan fingerprint density at radius 3 is 1.79 bits per heavy atom. The number of carbonyl (C=O) groups is 4. The summed E-state index contributed by atoms with van der Waals surface area (Å²) in [5.41, 5.74) is 3.65. The second-order valence-corrected chi connectivity index (χ2v) is 13.9. The number of likely N-dealkylation sites (N-methyl/N-ethyl adjacent to an activating group) is 1. The van der Waals surface area contributed by atoms with Gasteiger partial charge < -0.3 is 44.6 Å². The summed E-state index contributed by atoms with van der Waals surface area (Å²) in [4.78, 5) is 61.7. The van der Waals surface area contributed by atoms with Crippen molar-refractivity contribution in [3.63, 3.8) is 0 Å². The second kappa shape index (κ2) is 27.9. The lowest BCUT2D eigenvalue weighted by Crippen LogP contribution is -2.42. The van der Waals surface area contributed by atoms with E-state index >= 15 is 0 Å². The zero-order valence-corrected chi connectivity index (χ0v) is 34.7. The number of fused-ring (bicyclic) bond motifs is 1. The molecule has 0 saturated carbocycles. The summed E-state index contributed by atoms with van der Waals surface area (Å²) in [5.74, 6) is -0.435. The van der Waals surface area contributed by atoms with Crippen molar-refractivity contribution in [3.8, 4) is 0 Å². The molecule has 298 valence electrons. The number of nitrogens with one attached hydrogen (secondary N) is 3. The van der Waals surface area contributed by atoms with Crippen LogP contribution in [0.3, 0.4) is 0 Å². The van der Waals surface area contributed by atoms with Gasteiger partial charge in [-0.05, 0) is 38.2 Å². The molecular weight excluding hydrogens is 818 g/mol. The topological polar surface area (TPSA) is 174 Å². The van der Waals surface area contributed by atoms with Crippen LogP contribution >= 0.6 is 31.9 Å². The van der Waals surface area contributed by atoms with Gasteiger partial charge in [0.1, 0.15) is 6.29 Å². The van der Waals surface area contributed by atoms with Crippen LogP contribution in [0.4, 0.5) is 0 Å². The number of rotatable bonds is 30. The SMILES string of the molecule is CC(C)[C@@H](C=O)NC(=O)CCOCCOCCOCCOCCC(=O)NCCN(CCNC(=O)c1ccc2nc(CBr)c(CBr)nc2c1)CCN(C)C. The predicted octanol–water partition coefficient (Wildman–Crippen LogP) is 2.32. The highest BCUT2D eigenvalue weighted by Crippen LogP contribution is 2.18. The van der Waals surface area contributed by atoms with E-state index in [0.29, 0.717) is 94.2 Å². The van der Waals surface area contributed by atoms with E-state index in [9.17, 15) is 19.2 Å². The number of benzene rings is 1. The molecule has 0 saturated heterocycles. The van der Waals surface area contributed by atoms with Gasteiger partial charge in [-0.15, -0.1) is 0 Å². The maximum Gasteiger partial charge on any atom is 0.251 e. The van der Waals surface area contributed by atoms with E-state index in [2.05, 4.69) is 67.6 Å². The molecule has 1 aromatic heterocycles. The van der Waals surface area contributed by atoms with Crippen LogP contribution in [-0.2, 0) is 44.0 Å². The van der Waals surface area contributed by atoms with E-state index in [4.69, 9.17) is 18.9 Å². The van der Waals surface area contributed by atoms with E-state index in [1.165, 1.54) is 0 Å². The third kappa shape index (κ3) is 20.0. The average molecular weight is 876 g/mol. The standard InChI is InChI=1S/C36H57Br2N7O8/c1-27(2)33(26-46)43-35(48)8-16-51-18-20-53-22-21-52-19-17-50-15-7-34(47)39-9-11-45(14-13-44(3)4)12-10-40-36(49)28-5-6-29-30(23-28)42-32(25-38)31(24-37)41-29/h5-6,23,26-27,33H,7-22,24-25H2,1-4H3,(H,39,47)(H,40,49)(H,43,48)/t33-/m1/s1. The van der Waals surface area contributed by atoms with Crippen molar-refractivity contribution in [2.75, 3.05) is 106 Å². The molecule has 0 aliphatic rings. The lowest BCUT2D eigenvalue weighted by molar-refractivity contribution is -0.125. The molecule has 0 unspecified atom stereocenters. The fourth-order valence-electron chi connectivity index (χ4n) is 4.74. The number of carbonyl (C=O) groups excluding carboxylic acids is 4. The molecule has 1 aromatic carbocycles. The van der Waals surface area contributed by atoms with Gasteiger partial charge in [-0.2, -0.15) is 0 Å². The molecule has 0 aliphatic heterocycles. The lowest BCUT2D eigenvalue weighted by Gasteiger charge is -2.24. The van der Waals surface area contributed by atoms with Gasteiger partial charge in [0, 0.05) is 68.3 Å². The summed E-state index contributed by atoms with van der Waals surface area (Å²) < 4.78 is 21.9. The number of ether oxygens (including phenoxy) is 4. The fraction of sp³-hybridized carbons (Fsp3) is 0.667. The van der Waals surface area contributed by atoms with E-state index in [0.717, 1.165) is 36.3 Å². The highest BCUT2D eigenvalue weighted by molar-refractivity contribution is 9.09. The predicted molar refractivity (Wildman–Crippen MR) is 210 cm³/mol. The van der Waals surface area contributed by atoms with Gasteiger partial charge in [0.15, 0.2) is 0 Å². The summed E-state index contributed by atoms with van der Waals surface area (Å²) in [5, 5.41) is 9.81. The van der Waals surface area contributed by atoms with E-state index in [1.54, 1.807) is 12.1 Å². The molecule has 15 nitrogen and oxygen atoms in total. The van der Waals surface area contributed by atoms with Gasteiger partial charge in [-0.1, -0.05) is 45.7 Å². The first-order valence-electron chi connectivity index (χ1n) is 18.0. The van der Waals surface area contributed by atoms with Gasteiger partial charge in [-0.3, -0.25) is 19.3 Å². The van der Waals surface area contributed by atoms with Crippen molar-refractivity contribution in [2.24, 2.45) is 5.92 Å². The van der Waals surface area contributed by atoms with Crippen molar-refractivity contribution in [1.29, 1.82) is 0 Å². The van der Waals surface area contributed by atoms with E-state index < -0.39 is 6.04 Å². The van der Waals surface area contributed by atoms with Crippen molar-refractivity contribution in [1.82, 2.24) is 35.7 Å². The number of hydrogen-bond donors (Lipinski definition) is 3. The smallest absolute Gasteiger partial charge is 0.251 e. The third-order valence-corrected chi connectivity index (χ3v) is 8.98. The minimum absolute atomic E-state index is 0.0428. The normalized spacial score (nSPS) is 12.1. The number of aromatic nitrogens is 2. The minimum Gasteiger partial charge on any atom is -0.379 e. The molecule has 2 aromatic rings. The molecule has 3 N–H and O–H groups in total. The first-order chi connectivity index (χ1) is 25.6. The third-order valence-electron chi connectivity index (χ3n) is 7.92. The fourth-order valence-corrected chi connectivity index (χ4v) is 5.64. The Morgan fingerprint density at radius 1 is 0.736 bits per heavy atom. The number of halogens is 2. The van der Waals surface area contributed by atoms with Crippen LogP contribution in [0.1, 0.15) is 48.4 Å². The number of hydrogen-bond acceptors (Lipinski definition) is 12. The molecule has 53 heavy (non-hydrogen) atoms. The van der Waals surface area contributed by atoms with E-state index in [-0.39, 0.29) is 43.1 Å². The molecule has 0 aliphatic carbocycles. The maximum atomic E-state index is 12.9. The largest absolute Gasteiger partial charge is 0.379 e. The van der Waals surface area contributed by atoms with Gasteiger partial charge >= 0.3 is 0 Å². The summed E-state index contributed by atoms with van der Waals surface area (Å²) >= 11 is 6.91. The molecular formula is C36H57Br2N7O8. The number of nitrogens with zero attached hydrogens (tertiary/aromatic N) is 4. The average Bonchev–Trinajstić information content (AvgIpc) is 3.14. The van der Waals surface area contributed by atoms with Crippen LogP contribution in [-0.4, -0.2) is 156 Å². The van der Waals surface area contributed by atoms with Crippen molar-refractivity contribution in [2.45, 2.75) is 43.4 Å². The molecule has 1 heterocycles.